The number of rotatable bonds is 4. The van der Waals surface area contributed by atoms with Gasteiger partial charge in [-0.1, -0.05) is 0 Å². The minimum Gasteiger partial charge on any atom is -0.493 e. The number of carbonyl (C=O) groups excluding carboxylic acids is 1. The molecule has 3 rings (SSSR count). The zero-order valence-corrected chi connectivity index (χ0v) is 14.2. The summed E-state index contributed by atoms with van der Waals surface area (Å²) in [6, 6.07) is 6.24. The van der Waals surface area contributed by atoms with Gasteiger partial charge in [0.1, 0.15) is 0 Å². The monoisotopic (exact) mass is 321 g/mol. The number of piperidine rings is 1. The molecule has 0 aromatic heterocycles. The van der Waals surface area contributed by atoms with E-state index < -0.39 is 0 Å². The predicted molar refractivity (Wildman–Crippen MR) is 89.1 cm³/mol. The topological polar surface area (TPSA) is 38.8 Å². The highest BCUT2D eigenvalue weighted by atomic mass is 32.2. The lowest BCUT2D eigenvalue weighted by atomic mass is 10.0. The Labute approximate surface area is 136 Å². The first kappa shape index (κ1) is 15.5. The molecule has 1 amide bonds. The molecule has 2 aliphatic heterocycles. The van der Waals surface area contributed by atoms with Crippen LogP contribution in [0.3, 0.4) is 0 Å². The Bertz CT molecular complexity index is 549. The molecule has 2 aliphatic rings. The van der Waals surface area contributed by atoms with Gasteiger partial charge in [0, 0.05) is 22.9 Å². The number of methoxy groups -OCH3 is 2. The second kappa shape index (κ2) is 6.41. The molecule has 22 heavy (non-hydrogen) atoms. The number of thioether (sulfide) groups is 1. The average molecular weight is 321 g/mol. The van der Waals surface area contributed by atoms with Crippen molar-refractivity contribution >= 4 is 17.7 Å². The standard InChI is InChI=1S/C17H23NO3S/c1-20-15-7-4-11(8-16(15)21-2)17(19)18-12-5-6-13(18)10-14(9-12)22-3/h4,7-8,12-14H,5-6,9-10H2,1-3H3. The van der Waals surface area contributed by atoms with Gasteiger partial charge in [0.2, 0.25) is 0 Å². The highest BCUT2D eigenvalue weighted by molar-refractivity contribution is 7.99. The number of ether oxygens (including phenoxy) is 2. The fraction of sp³-hybridized carbons (Fsp3) is 0.588. The van der Waals surface area contributed by atoms with Crippen LogP contribution < -0.4 is 9.47 Å². The van der Waals surface area contributed by atoms with Crippen LogP contribution in [0.25, 0.3) is 0 Å². The summed E-state index contributed by atoms with van der Waals surface area (Å²) in [4.78, 5) is 15.1. The molecule has 2 heterocycles. The van der Waals surface area contributed by atoms with Crippen LogP contribution in [0, 0.1) is 0 Å². The van der Waals surface area contributed by atoms with E-state index in [-0.39, 0.29) is 5.91 Å². The smallest absolute Gasteiger partial charge is 0.254 e. The van der Waals surface area contributed by atoms with Crippen LogP contribution in [-0.4, -0.2) is 48.6 Å². The molecule has 1 aromatic carbocycles. The third kappa shape index (κ3) is 2.67. The molecule has 2 saturated heterocycles. The second-order valence-electron chi connectivity index (χ2n) is 6.00. The summed E-state index contributed by atoms with van der Waals surface area (Å²) in [7, 11) is 3.20. The molecule has 0 N–H and O–H groups in total. The van der Waals surface area contributed by atoms with E-state index in [2.05, 4.69) is 11.2 Å². The van der Waals surface area contributed by atoms with Crippen LogP contribution in [-0.2, 0) is 0 Å². The van der Waals surface area contributed by atoms with Crippen LogP contribution in [0.5, 0.6) is 11.5 Å². The van der Waals surface area contributed by atoms with Crippen molar-refractivity contribution in [2.75, 3.05) is 20.5 Å². The summed E-state index contributed by atoms with van der Waals surface area (Å²) >= 11 is 1.94. The summed E-state index contributed by atoms with van der Waals surface area (Å²) in [5, 5.41) is 0.701. The number of hydrogen-bond acceptors (Lipinski definition) is 4. The van der Waals surface area contributed by atoms with Gasteiger partial charge in [-0.05, 0) is 50.1 Å². The van der Waals surface area contributed by atoms with E-state index in [1.54, 1.807) is 20.3 Å². The first-order valence-corrected chi connectivity index (χ1v) is 9.04. The van der Waals surface area contributed by atoms with Crippen molar-refractivity contribution in [1.82, 2.24) is 4.90 Å². The van der Waals surface area contributed by atoms with Gasteiger partial charge in [-0.2, -0.15) is 11.8 Å². The van der Waals surface area contributed by atoms with Crippen LogP contribution in [0.15, 0.2) is 18.2 Å². The molecule has 2 bridgehead atoms. The molecular weight excluding hydrogens is 298 g/mol. The molecule has 1 aromatic rings. The lowest BCUT2D eigenvalue weighted by Gasteiger charge is -2.38. The van der Waals surface area contributed by atoms with Gasteiger partial charge in [0.15, 0.2) is 11.5 Å². The minimum atomic E-state index is 0.132. The van der Waals surface area contributed by atoms with Crippen molar-refractivity contribution in [2.45, 2.75) is 43.0 Å². The van der Waals surface area contributed by atoms with Gasteiger partial charge in [-0.15, -0.1) is 0 Å². The van der Waals surface area contributed by atoms with E-state index in [0.29, 0.717) is 34.4 Å². The SMILES string of the molecule is COc1ccc(C(=O)N2C3CCC2CC(SC)C3)cc1OC. The molecule has 0 spiro atoms. The third-order valence-corrected chi connectivity index (χ3v) is 5.94. The highest BCUT2D eigenvalue weighted by Gasteiger charge is 2.43. The lowest BCUT2D eigenvalue weighted by Crippen LogP contribution is -2.47. The van der Waals surface area contributed by atoms with Crippen molar-refractivity contribution in [2.24, 2.45) is 0 Å². The first-order valence-electron chi connectivity index (χ1n) is 7.75. The molecule has 4 nitrogen and oxygen atoms in total. The first-order chi connectivity index (χ1) is 10.7. The van der Waals surface area contributed by atoms with Crippen LogP contribution >= 0.6 is 11.8 Å². The van der Waals surface area contributed by atoms with Gasteiger partial charge in [0.25, 0.3) is 5.91 Å². The Kier molecular flexibility index (Phi) is 4.52. The van der Waals surface area contributed by atoms with Crippen LogP contribution in [0.2, 0.25) is 0 Å². The Morgan fingerprint density at radius 1 is 1.14 bits per heavy atom. The minimum absolute atomic E-state index is 0.132. The predicted octanol–water partition coefficient (Wildman–Crippen LogP) is 3.20. The zero-order chi connectivity index (χ0) is 15.7. The van der Waals surface area contributed by atoms with E-state index in [9.17, 15) is 4.79 Å². The molecule has 2 unspecified atom stereocenters. The number of fused-ring (bicyclic) bond motifs is 2. The Hall–Kier alpha value is -1.36. The van der Waals surface area contributed by atoms with E-state index in [0.717, 1.165) is 25.7 Å². The zero-order valence-electron chi connectivity index (χ0n) is 13.4. The number of amides is 1. The number of carbonyl (C=O) groups is 1. The molecule has 0 saturated carbocycles. The maximum Gasteiger partial charge on any atom is 0.254 e. The quantitative estimate of drug-likeness (QED) is 0.853. The number of nitrogens with zero attached hydrogens (tertiary/aromatic N) is 1. The molecule has 2 atom stereocenters. The van der Waals surface area contributed by atoms with Crippen molar-refractivity contribution < 1.29 is 14.3 Å². The van der Waals surface area contributed by atoms with E-state index in [4.69, 9.17) is 9.47 Å². The van der Waals surface area contributed by atoms with E-state index in [1.165, 1.54) is 0 Å². The third-order valence-electron chi connectivity index (χ3n) is 4.89. The molecular formula is C17H23NO3S. The van der Waals surface area contributed by atoms with Crippen molar-refractivity contribution in [1.29, 1.82) is 0 Å². The van der Waals surface area contributed by atoms with Crippen molar-refractivity contribution in [3.05, 3.63) is 23.8 Å². The lowest BCUT2D eigenvalue weighted by molar-refractivity contribution is 0.0601. The molecule has 0 aliphatic carbocycles. The second-order valence-corrected chi connectivity index (χ2v) is 7.13. The van der Waals surface area contributed by atoms with Crippen LogP contribution in [0.1, 0.15) is 36.0 Å². The van der Waals surface area contributed by atoms with E-state index >= 15 is 0 Å². The average Bonchev–Trinajstić information content (AvgIpc) is 2.83. The maximum atomic E-state index is 12.9. The fourth-order valence-corrected chi connectivity index (χ4v) is 4.60. The summed E-state index contributed by atoms with van der Waals surface area (Å²) in [5.41, 5.74) is 0.692. The molecule has 120 valence electrons. The van der Waals surface area contributed by atoms with E-state index in [1.807, 2.05) is 23.9 Å². The fourth-order valence-electron chi connectivity index (χ4n) is 3.77. The van der Waals surface area contributed by atoms with Gasteiger partial charge >= 0.3 is 0 Å². The van der Waals surface area contributed by atoms with Crippen LogP contribution in [0.4, 0.5) is 0 Å². The van der Waals surface area contributed by atoms with Gasteiger partial charge in [-0.25, -0.2) is 0 Å². The summed E-state index contributed by atoms with van der Waals surface area (Å²) in [5.74, 6) is 1.40. The Morgan fingerprint density at radius 2 is 1.77 bits per heavy atom. The normalized spacial score (nSPS) is 26.9. The van der Waals surface area contributed by atoms with Crippen molar-refractivity contribution in [3.63, 3.8) is 0 Å². The number of hydrogen-bond donors (Lipinski definition) is 0. The largest absolute Gasteiger partial charge is 0.493 e. The summed E-state index contributed by atoms with van der Waals surface area (Å²) in [6.45, 7) is 0. The molecule has 0 radical (unpaired) electrons. The highest BCUT2D eigenvalue weighted by Crippen LogP contribution is 2.40. The molecule has 5 heteroatoms. The summed E-state index contributed by atoms with van der Waals surface area (Å²) < 4.78 is 10.6. The maximum absolute atomic E-state index is 12.9. The molecule has 2 fully saturated rings. The van der Waals surface area contributed by atoms with Crippen molar-refractivity contribution in [3.8, 4) is 11.5 Å². The Balaban J connectivity index is 1.83. The van der Waals surface area contributed by atoms with Gasteiger partial charge in [-0.3, -0.25) is 4.79 Å². The number of benzene rings is 1. The summed E-state index contributed by atoms with van der Waals surface area (Å²) in [6.07, 6.45) is 6.70. The van der Waals surface area contributed by atoms with Gasteiger partial charge in [0.05, 0.1) is 14.2 Å². The van der Waals surface area contributed by atoms with Gasteiger partial charge < -0.3 is 14.4 Å². The Morgan fingerprint density at radius 3 is 2.32 bits per heavy atom.